The summed E-state index contributed by atoms with van der Waals surface area (Å²) in [5.41, 5.74) is 7.35. The molecular weight excluding hydrogens is 242 g/mol. The van der Waals surface area contributed by atoms with Crippen LogP contribution in [-0.2, 0) is 0 Å². The van der Waals surface area contributed by atoms with Crippen LogP contribution in [0.1, 0.15) is 25.2 Å². The van der Waals surface area contributed by atoms with Gasteiger partial charge >= 0.3 is 0 Å². The topological polar surface area (TPSA) is 78.1 Å². The van der Waals surface area contributed by atoms with Crippen LogP contribution >= 0.6 is 0 Å². The highest BCUT2D eigenvalue weighted by atomic mass is 16.5. The van der Waals surface area contributed by atoms with Gasteiger partial charge in [-0.15, -0.1) is 0 Å². The normalized spacial score (nSPS) is 12.9. The molecule has 1 atom stereocenters. The zero-order chi connectivity index (χ0) is 13.2. The van der Waals surface area contributed by atoms with Gasteiger partial charge in [0.2, 0.25) is 11.7 Å². The Morgan fingerprint density at radius 1 is 1.32 bits per heavy atom. The molecule has 1 unspecified atom stereocenters. The fraction of sp³-hybridized carbons (Fsp3) is 0.286. The monoisotopic (exact) mass is 257 g/mol. The van der Waals surface area contributed by atoms with Gasteiger partial charge in [-0.25, -0.2) is 0 Å². The van der Waals surface area contributed by atoms with E-state index >= 15 is 0 Å². The minimum Gasteiger partial charge on any atom is -0.464 e. The molecule has 19 heavy (non-hydrogen) atoms. The molecule has 0 amide bonds. The highest BCUT2D eigenvalue weighted by Gasteiger charge is 2.18. The average Bonchev–Trinajstić information content (AvgIpc) is 3.06. The van der Waals surface area contributed by atoms with Gasteiger partial charge in [-0.05, 0) is 12.5 Å². The van der Waals surface area contributed by atoms with Gasteiger partial charge in [0.25, 0.3) is 0 Å². The number of nitrogens with two attached hydrogens (primary N) is 1. The van der Waals surface area contributed by atoms with E-state index in [0.717, 1.165) is 23.0 Å². The first-order valence-corrected chi connectivity index (χ1v) is 6.33. The summed E-state index contributed by atoms with van der Waals surface area (Å²) in [6.45, 7) is 2.55. The van der Waals surface area contributed by atoms with E-state index in [9.17, 15) is 0 Å². The van der Waals surface area contributed by atoms with Crippen molar-refractivity contribution in [3.8, 4) is 11.4 Å². The fourth-order valence-electron chi connectivity index (χ4n) is 2.10. The second-order valence-corrected chi connectivity index (χ2v) is 4.44. The zero-order valence-corrected chi connectivity index (χ0v) is 10.7. The van der Waals surface area contributed by atoms with E-state index < -0.39 is 0 Å². The molecule has 3 rings (SSSR count). The van der Waals surface area contributed by atoms with Gasteiger partial charge in [0.05, 0.1) is 11.5 Å². The van der Waals surface area contributed by atoms with Gasteiger partial charge < -0.3 is 14.7 Å². The van der Waals surface area contributed by atoms with Crippen molar-refractivity contribution in [2.75, 3.05) is 6.54 Å². The number of aromatic nitrogens is 2. The summed E-state index contributed by atoms with van der Waals surface area (Å²) in [6.07, 6.45) is 2.53. The molecule has 2 aromatic heterocycles. The molecule has 5 heteroatoms. The summed E-state index contributed by atoms with van der Waals surface area (Å²) in [5.74, 6) is 1.25. The molecule has 3 aromatic rings. The highest BCUT2D eigenvalue weighted by molar-refractivity contribution is 5.91. The maximum atomic E-state index is 5.69. The first kappa shape index (κ1) is 11.9. The number of nitrogens with zero attached hydrogens (tertiary/aromatic N) is 2. The van der Waals surface area contributed by atoms with E-state index in [1.165, 1.54) is 0 Å². The molecule has 0 saturated carbocycles. The van der Waals surface area contributed by atoms with E-state index in [-0.39, 0.29) is 5.92 Å². The second kappa shape index (κ2) is 4.85. The van der Waals surface area contributed by atoms with Crippen LogP contribution in [-0.4, -0.2) is 16.7 Å². The first-order chi connectivity index (χ1) is 9.33. The third-order valence-electron chi connectivity index (χ3n) is 3.29. The zero-order valence-electron chi connectivity index (χ0n) is 10.7. The maximum absolute atomic E-state index is 5.69. The predicted octanol–water partition coefficient (Wildman–Crippen LogP) is 2.94. The van der Waals surface area contributed by atoms with Crippen molar-refractivity contribution >= 4 is 11.0 Å². The summed E-state index contributed by atoms with van der Waals surface area (Å²) in [7, 11) is 0. The standard InChI is InChI=1S/C14H15N3O2/c1-2-9(7-15)14-16-13(17-19-14)11-8-18-12-6-4-3-5-10(11)12/h3-6,8-9H,2,7,15H2,1H3. The molecule has 0 aliphatic carbocycles. The number of benzene rings is 1. The SMILES string of the molecule is CCC(CN)c1nc(-c2coc3ccccc23)no1. The lowest BCUT2D eigenvalue weighted by Gasteiger charge is -2.04. The van der Waals surface area contributed by atoms with E-state index in [0.29, 0.717) is 18.3 Å². The summed E-state index contributed by atoms with van der Waals surface area (Å²) >= 11 is 0. The smallest absolute Gasteiger partial charge is 0.231 e. The molecule has 0 fully saturated rings. The molecule has 98 valence electrons. The largest absolute Gasteiger partial charge is 0.464 e. The Kier molecular flexibility index (Phi) is 3.05. The van der Waals surface area contributed by atoms with Crippen LogP contribution in [0.5, 0.6) is 0 Å². The molecule has 0 radical (unpaired) electrons. The average molecular weight is 257 g/mol. The lowest BCUT2D eigenvalue weighted by atomic mass is 10.1. The molecule has 0 aliphatic heterocycles. The van der Waals surface area contributed by atoms with Crippen molar-refractivity contribution in [1.82, 2.24) is 10.1 Å². The summed E-state index contributed by atoms with van der Waals surface area (Å²) in [6, 6.07) is 7.77. The van der Waals surface area contributed by atoms with Crippen LogP contribution in [0.3, 0.4) is 0 Å². The fourth-order valence-corrected chi connectivity index (χ4v) is 2.10. The van der Waals surface area contributed by atoms with E-state index in [2.05, 4.69) is 17.1 Å². The molecule has 2 N–H and O–H groups in total. The predicted molar refractivity (Wildman–Crippen MR) is 71.6 cm³/mol. The number of para-hydroxylation sites is 1. The Morgan fingerprint density at radius 3 is 2.95 bits per heavy atom. The molecule has 0 bridgehead atoms. The van der Waals surface area contributed by atoms with Gasteiger partial charge in [-0.2, -0.15) is 4.98 Å². The number of fused-ring (bicyclic) bond motifs is 1. The van der Waals surface area contributed by atoms with Gasteiger partial charge in [-0.3, -0.25) is 0 Å². The Labute approximate surface area is 110 Å². The van der Waals surface area contributed by atoms with Crippen molar-refractivity contribution in [2.24, 2.45) is 5.73 Å². The van der Waals surface area contributed by atoms with Crippen molar-refractivity contribution in [1.29, 1.82) is 0 Å². The van der Waals surface area contributed by atoms with Crippen LogP contribution in [0.2, 0.25) is 0 Å². The van der Waals surface area contributed by atoms with Crippen LogP contribution in [0.4, 0.5) is 0 Å². The van der Waals surface area contributed by atoms with Gasteiger partial charge in [0.15, 0.2) is 0 Å². The van der Waals surface area contributed by atoms with E-state index in [1.807, 2.05) is 24.3 Å². The molecular formula is C14H15N3O2. The van der Waals surface area contributed by atoms with Crippen molar-refractivity contribution in [3.63, 3.8) is 0 Å². The van der Waals surface area contributed by atoms with Crippen LogP contribution < -0.4 is 5.73 Å². The number of hydrogen-bond donors (Lipinski definition) is 1. The molecule has 0 spiro atoms. The minimum absolute atomic E-state index is 0.111. The molecule has 0 aliphatic rings. The lowest BCUT2D eigenvalue weighted by Crippen LogP contribution is -2.11. The Morgan fingerprint density at radius 2 is 2.16 bits per heavy atom. The van der Waals surface area contributed by atoms with Gasteiger partial charge in [0.1, 0.15) is 11.8 Å². The summed E-state index contributed by atoms with van der Waals surface area (Å²) in [5, 5.41) is 5.01. The Bertz CT molecular complexity index is 683. The van der Waals surface area contributed by atoms with Gasteiger partial charge in [0, 0.05) is 11.9 Å². The third kappa shape index (κ3) is 2.02. The maximum Gasteiger partial charge on any atom is 0.231 e. The number of furan rings is 1. The Hall–Kier alpha value is -2.14. The molecule has 1 aromatic carbocycles. The van der Waals surface area contributed by atoms with Crippen LogP contribution in [0, 0.1) is 0 Å². The van der Waals surface area contributed by atoms with Crippen molar-refractivity contribution < 1.29 is 8.94 Å². The highest BCUT2D eigenvalue weighted by Crippen LogP contribution is 2.29. The summed E-state index contributed by atoms with van der Waals surface area (Å²) < 4.78 is 10.8. The van der Waals surface area contributed by atoms with Crippen LogP contribution in [0.15, 0.2) is 39.5 Å². The third-order valence-corrected chi connectivity index (χ3v) is 3.29. The minimum atomic E-state index is 0.111. The first-order valence-electron chi connectivity index (χ1n) is 6.33. The van der Waals surface area contributed by atoms with Crippen molar-refractivity contribution in [2.45, 2.75) is 19.3 Å². The number of hydrogen-bond acceptors (Lipinski definition) is 5. The number of rotatable bonds is 4. The van der Waals surface area contributed by atoms with Gasteiger partial charge in [-0.1, -0.05) is 30.3 Å². The molecule has 0 saturated heterocycles. The quantitative estimate of drug-likeness (QED) is 0.777. The second-order valence-electron chi connectivity index (χ2n) is 4.44. The molecule has 5 nitrogen and oxygen atoms in total. The molecule has 2 heterocycles. The van der Waals surface area contributed by atoms with E-state index in [1.54, 1.807) is 6.26 Å². The summed E-state index contributed by atoms with van der Waals surface area (Å²) in [4.78, 5) is 4.43. The lowest BCUT2D eigenvalue weighted by molar-refractivity contribution is 0.351. The van der Waals surface area contributed by atoms with Crippen molar-refractivity contribution in [3.05, 3.63) is 36.4 Å². The van der Waals surface area contributed by atoms with Crippen LogP contribution in [0.25, 0.3) is 22.4 Å². The Balaban J connectivity index is 2.03. The van der Waals surface area contributed by atoms with E-state index in [4.69, 9.17) is 14.7 Å².